The Labute approximate surface area is 332 Å². The molecular formula is C34H51BrMgN4O8S2. The zero-order valence-corrected chi connectivity index (χ0v) is 36.3. The van der Waals surface area contributed by atoms with Crippen molar-refractivity contribution in [2.75, 3.05) is 17.5 Å². The normalized spacial score (nSPS) is 11.1. The van der Waals surface area contributed by atoms with Gasteiger partial charge < -0.3 is 35.9 Å². The maximum Gasteiger partial charge on any atom is 2.00 e. The van der Waals surface area contributed by atoms with Crippen molar-refractivity contribution in [3.8, 4) is 0 Å². The molecule has 0 radical (unpaired) electrons. The van der Waals surface area contributed by atoms with E-state index in [2.05, 4.69) is 28.0 Å². The van der Waals surface area contributed by atoms with Crippen LogP contribution < -0.4 is 27.4 Å². The van der Waals surface area contributed by atoms with Crippen molar-refractivity contribution >= 4 is 76.6 Å². The van der Waals surface area contributed by atoms with Crippen LogP contribution in [0.5, 0.6) is 0 Å². The summed E-state index contributed by atoms with van der Waals surface area (Å²) in [4.78, 5) is 48.9. The predicted molar refractivity (Wildman–Crippen MR) is 196 cm³/mol. The van der Waals surface area contributed by atoms with Crippen LogP contribution in [0.25, 0.3) is 0 Å². The summed E-state index contributed by atoms with van der Waals surface area (Å²) >= 11 is 3.33. The van der Waals surface area contributed by atoms with Gasteiger partial charge in [0, 0.05) is 4.90 Å². The maximum absolute atomic E-state index is 12.4. The van der Waals surface area contributed by atoms with Gasteiger partial charge in [0.25, 0.3) is 0 Å². The van der Waals surface area contributed by atoms with Crippen LogP contribution in [0.4, 0.5) is 24.9 Å². The summed E-state index contributed by atoms with van der Waals surface area (Å²) in [7, 11) is 0. The molecule has 2 aromatic rings. The first-order valence-electron chi connectivity index (χ1n) is 14.9. The number of hydrogen-bond acceptors (Lipinski definition) is 10. The molecule has 0 aromatic heterocycles. The topological polar surface area (TPSA) is 145 Å². The van der Waals surface area contributed by atoms with Crippen molar-refractivity contribution in [2.45, 2.75) is 115 Å². The Balaban J connectivity index is -0.000000731. The van der Waals surface area contributed by atoms with E-state index in [1.807, 2.05) is 42.7 Å². The van der Waals surface area contributed by atoms with Gasteiger partial charge in [-0.25, -0.2) is 24.6 Å². The number of carbonyl (C=O) groups excluding carboxylic acids is 4. The minimum Gasteiger partial charge on any atom is -1.00 e. The van der Waals surface area contributed by atoms with E-state index in [0.717, 1.165) is 9.90 Å². The Morgan fingerprint density at radius 2 is 0.980 bits per heavy atom. The molecular weight excluding hydrogens is 761 g/mol. The van der Waals surface area contributed by atoms with E-state index < -0.39 is 46.8 Å². The number of carbonyl (C=O) groups is 4. The largest absolute Gasteiger partial charge is 2.00 e. The predicted octanol–water partition coefficient (Wildman–Crippen LogP) is 6.73. The third-order valence-corrected chi connectivity index (χ3v) is 5.92. The molecule has 0 heterocycles. The molecule has 0 saturated carbocycles. The van der Waals surface area contributed by atoms with Crippen LogP contribution in [-0.4, -0.2) is 82.3 Å². The number of rotatable bonds is 3. The fourth-order valence-electron chi connectivity index (χ4n) is 2.80. The molecule has 4 amide bonds. The van der Waals surface area contributed by atoms with Gasteiger partial charge in [-0.15, -0.1) is 16.7 Å². The van der Waals surface area contributed by atoms with Gasteiger partial charge in [-0.05, 0) is 120 Å². The minimum atomic E-state index is -0.918. The first-order valence-corrected chi connectivity index (χ1v) is 17.3. The van der Waals surface area contributed by atoms with Gasteiger partial charge in [0.1, 0.15) is 22.4 Å². The van der Waals surface area contributed by atoms with Crippen LogP contribution in [0, 0.1) is 6.07 Å². The number of halogens is 1. The fraction of sp³-hybridized carbons (Fsp3) is 0.529. The number of anilines is 1. The van der Waals surface area contributed by atoms with Crippen LogP contribution in [0.3, 0.4) is 0 Å². The van der Waals surface area contributed by atoms with Gasteiger partial charge in [-0.2, -0.15) is 47.1 Å². The third-order valence-electron chi connectivity index (χ3n) is 4.43. The zero-order chi connectivity index (χ0) is 37.3. The van der Waals surface area contributed by atoms with Crippen molar-refractivity contribution in [1.82, 2.24) is 5.43 Å². The van der Waals surface area contributed by atoms with Crippen molar-refractivity contribution < 1.29 is 55.1 Å². The summed E-state index contributed by atoms with van der Waals surface area (Å²) in [5.41, 5.74) is 0.230. The second-order valence-corrected chi connectivity index (χ2v) is 15.5. The molecule has 1 N–H and O–H groups in total. The second kappa shape index (κ2) is 23.8. The molecule has 50 heavy (non-hydrogen) atoms. The monoisotopic (exact) mass is 810 g/mol. The van der Waals surface area contributed by atoms with Crippen molar-refractivity contribution in [3.05, 3.63) is 54.6 Å². The van der Waals surface area contributed by atoms with Gasteiger partial charge in [-0.3, -0.25) is 0 Å². The number of hydrogen-bond donors (Lipinski definition) is 1. The van der Waals surface area contributed by atoms with Crippen molar-refractivity contribution in [2.24, 2.45) is 10.2 Å². The van der Waals surface area contributed by atoms with E-state index in [0.29, 0.717) is 5.69 Å². The average Bonchev–Trinajstić information content (AvgIpc) is 2.92. The van der Waals surface area contributed by atoms with Gasteiger partial charge in [-0.1, -0.05) is 10.2 Å². The number of amides is 4. The first kappa shape index (κ1) is 51.8. The Morgan fingerprint density at radius 3 is 1.30 bits per heavy atom. The van der Waals surface area contributed by atoms with Crippen LogP contribution in [-0.2, 0) is 18.9 Å². The Morgan fingerprint density at radius 1 is 0.620 bits per heavy atom. The molecule has 12 nitrogen and oxygen atoms in total. The molecule has 0 bridgehead atoms. The molecule has 0 aliphatic rings. The van der Waals surface area contributed by atoms with Crippen LogP contribution in [0.15, 0.2) is 68.6 Å². The molecule has 0 saturated heterocycles. The molecule has 0 fully saturated rings. The van der Waals surface area contributed by atoms with E-state index in [1.54, 1.807) is 119 Å². The molecule has 2 aromatic carbocycles. The summed E-state index contributed by atoms with van der Waals surface area (Å²) in [6.45, 7) is 20.6. The summed E-state index contributed by atoms with van der Waals surface area (Å²) in [5.74, 6) is 0. The van der Waals surface area contributed by atoms with E-state index >= 15 is 0 Å². The Kier molecular flexibility index (Phi) is 24.7. The van der Waals surface area contributed by atoms with Gasteiger partial charge in [0.05, 0.1) is 5.69 Å². The Bertz CT molecular complexity index is 1310. The first-order chi connectivity index (χ1) is 21.8. The number of nitrogens with zero attached hydrogens (tertiary/aromatic N) is 3. The number of thioether (sulfide) groups is 2. The van der Waals surface area contributed by atoms with Crippen LogP contribution in [0.2, 0.25) is 0 Å². The number of hydrazine groups is 1. The van der Waals surface area contributed by atoms with Crippen LogP contribution in [0.1, 0.15) is 83.1 Å². The molecule has 16 heteroatoms. The number of nitrogens with one attached hydrogen (secondary N) is 1. The number of ether oxygens (including phenoxy) is 4. The van der Waals surface area contributed by atoms with E-state index in [4.69, 9.17) is 18.9 Å². The Hall–Kier alpha value is -2.53. The van der Waals surface area contributed by atoms with Crippen LogP contribution >= 0.6 is 23.5 Å². The second-order valence-electron chi connectivity index (χ2n) is 13.7. The number of azo groups is 1. The molecule has 0 aliphatic carbocycles. The van der Waals surface area contributed by atoms with Crippen molar-refractivity contribution in [1.29, 1.82) is 0 Å². The van der Waals surface area contributed by atoms with Gasteiger partial charge >= 0.3 is 47.4 Å². The van der Waals surface area contributed by atoms with Gasteiger partial charge in [0.2, 0.25) is 0 Å². The third kappa shape index (κ3) is 28.2. The summed E-state index contributed by atoms with van der Waals surface area (Å²) < 4.78 is 20.2. The van der Waals surface area contributed by atoms with E-state index in [9.17, 15) is 19.2 Å². The van der Waals surface area contributed by atoms with Gasteiger partial charge in [0.15, 0.2) is 0 Å². The summed E-state index contributed by atoms with van der Waals surface area (Å²) in [6, 6.07) is 18.1. The van der Waals surface area contributed by atoms with E-state index in [1.165, 1.54) is 4.90 Å². The average molecular weight is 812 g/mol. The van der Waals surface area contributed by atoms with E-state index in [-0.39, 0.29) is 40.0 Å². The summed E-state index contributed by atoms with van der Waals surface area (Å²) in [5, 5.41) is 7.21. The molecule has 276 valence electrons. The maximum atomic E-state index is 12.4. The molecule has 0 atom stereocenters. The molecule has 2 rings (SSSR count). The summed E-state index contributed by atoms with van der Waals surface area (Å²) in [6.07, 6.45) is 0.763. The fourth-order valence-corrected chi connectivity index (χ4v) is 3.62. The molecule has 0 unspecified atom stereocenters. The quantitative estimate of drug-likeness (QED) is 0.0885. The minimum absolute atomic E-state index is 0. The van der Waals surface area contributed by atoms with Crippen molar-refractivity contribution in [3.63, 3.8) is 0 Å². The standard InChI is InChI=1S/C17H26N2O4S.C10H18N2O4.C7H7S.BrH.Mg/c1-16(2,3)22-14(20)18-19(15(21)23-17(4,5)6)12-8-10-13(24-7)11-9-12;1-9(2,3)15-7(13)11-12-8(14)16-10(4,5)6;1-8-7-5-3-2-4-6-7;;/h8-11H,1-7H3,(H,18,20);1-6H3;3-6H,1H3;1H;/q;;-1;;+2/p-1. The smallest absolute Gasteiger partial charge is 1.00 e. The molecule has 0 aliphatic heterocycles. The SMILES string of the molecule is CC(C)(C)OC(=O)N=NC(=O)OC(C)(C)C.CSc1cc[c-]cc1.CSc1ccc(N(NC(=O)OC(C)(C)C)C(=O)OC(C)(C)C)cc1.[Br-].[Mg+2]. The zero-order valence-electron chi connectivity index (χ0n) is 31.6. The number of benzene rings is 2. The molecule has 0 spiro atoms.